The van der Waals surface area contributed by atoms with Gasteiger partial charge in [-0.1, -0.05) is 6.07 Å². The Morgan fingerprint density at radius 1 is 1.24 bits per heavy atom. The van der Waals surface area contributed by atoms with E-state index in [0.29, 0.717) is 12.8 Å². The zero-order chi connectivity index (χ0) is 11.8. The van der Waals surface area contributed by atoms with Crippen LogP contribution in [0.3, 0.4) is 0 Å². The minimum Gasteiger partial charge on any atom is -0.359 e. The van der Waals surface area contributed by atoms with Crippen molar-refractivity contribution in [2.24, 2.45) is 5.10 Å². The second kappa shape index (κ2) is 3.73. The molecule has 0 atom stereocenters. The average Bonchev–Trinajstić information content (AvgIpc) is 2.69. The second-order valence-electron chi connectivity index (χ2n) is 4.35. The lowest BCUT2D eigenvalue weighted by Crippen LogP contribution is -2.25. The molecule has 1 amide bonds. The maximum absolute atomic E-state index is 11.0. The number of nitrogens with zero attached hydrogens (tertiary/aromatic N) is 1. The molecule has 0 fully saturated rings. The van der Waals surface area contributed by atoms with Crippen molar-refractivity contribution >= 4 is 22.5 Å². The van der Waals surface area contributed by atoms with Gasteiger partial charge in [-0.25, -0.2) is 5.43 Å². The number of carbonyl (C=O) groups excluding carboxylic acids is 1. The molecule has 0 aliphatic carbocycles. The molecule has 1 aliphatic rings. The smallest absolute Gasteiger partial charge is 0.240 e. The molecule has 4 nitrogen and oxygen atoms in total. The molecule has 1 aromatic heterocycles. The van der Waals surface area contributed by atoms with Crippen LogP contribution in [0.15, 0.2) is 29.4 Å². The summed E-state index contributed by atoms with van der Waals surface area (Å²) in [6, 6.07) is 8.31. The molecule has 2 aromatic rings. The summed E-state index contributed by atoms with van der Waals surface area (Å²) in [7, 11) is 0. The minimum absolute atomic E-state index is 0.00711. The fraction of sp³-hybridized carbons (Fsp3) is 0.231. The van der Waals surface area contributed by atoms with Gasteiger partial charge in [0.25, 0.3) is 0 Å². The van der Waals surface area contributed by atoms with Crippen molar-refractivity contribution < 1.29 is 4.79 Å². The molecule has 0 unspecified atom stereocenters. The Morgan fingerprint density at radius 2 is 2.12 bits per heavy atom. The van der Waals surface area contributed by atoms with Crippen LogP contribution in [0.5, 0.6) is 0 Å². The fourth-order valence-corrected chi connectivity index (χ4v) is 2.14. The van der Waals surface area contributed by atoms with Gasteiger partial charge in [-0.15, -0.1) is 0 Å². The zero-order valence-electron chi connectivity index (χ0n) is 9.58. The molecule has 3 rings (SSSR count). The quantitative estimate of drug-likeness (QED) is 0.770. The number of amides is 1. The summed E-state index contributed by atoms with van der Waals surface area (Å²) in [5, 5.41) is 5.28. The van der Waals surface area contributed by atoms with Gasteiger partial charge in [0.15, 0.2) is 0 Å². The first kappa shape index (κ1) is 10.1. The Kier molecular flexibility index (Phi) is 2.21. The Hall–Kier alpha value is -2.10. The van der Waals surface area contributed by atoms with Crippen LogP contribution in [0.1, 0.15) is 24.1 Å². The second-order valence-corrected chi connectivity index (χ2v) is 4.35. The number of aromatic amines is 1. The molecule has 0 bridgehead atoms. The minimum atomic E-state index is -0.00711. The zero-order valence-corrected chi connectivity index (χ0v) is 9.58. The lowest BCUT2D eigenvalue weighted by atomic mass is 10.0. The molecule has 2 N–H and O–H groups in total. The van der Waals surface area contributed by atoms with Gasteiger partial charge in [0, 0.05) is 29.4 Å². The number of carbonyl (C=O) groups is 1. The molecular formula is C13H13N3O. The molecule has 0 saturated carbocycles. The number of H-pyrrole nitrogens is 1. The normalized spacial score (nSPS) is 15.8. The lowest BCUT2D eigenvalue weighted by molar-refractivity contribution is -0.121. The number of aryl methyl sites for hydroxylation is 1. The van der Waals surface area contributed by atoms with Crippen LogP contribution in [-0.4, -0.2) is 16.6 Å². The van der Waals surface area contributed by atoms with E-state index in [4.69, 9.17) is 0 Å². The van der Waals surface area contributed by atoms with Crippen molar-refractivity contribution in [2.75, 3.05) is 0 Å². The standard InChI is InChI=1S/C13H13N3O/c1-8-6-10-7-9(2-3-11(10)14-8)12-4-5-13(17)16-15-12/h2-3,6-7,14H,4-5H2,1H3,(H,16,17). The molecule has 0 radical (unpaired) electrons. The van der Waals surface area contributed by atoms with E-state index >= 15 is 0 Å². The number of hydrogen-bond donors (Lipinski definition) is 2. The van der Waals surface area contributed by atoms with Gasteiger partial charge in [-0.05, 0) is 30.7 Å². The Morgan fingerprint density at radius 3 is 2.88 bits per heavy atom. The summed E-state index contributed by atoms with van der Waals surface area (Å²) < 4.78 is 0. The van der Waals surface area contributed by atoms with Crippen LogP contribution in [0, 0.1) is 6.92 Å². The molecule has 2 heterocycles. The number of nitrogens with one attached hydrogen (secondary N) is 2. The van der Waals surface area contributed by atoms with Gasteiger partial charge in [0.2, 0.25) is 5.91 Å². The number of benzene rings is 1. The van der Waals surface area contributed by atoms with Gasteiger partial charge in [0.05, 0.1) is 5.71 Å². The summed E-state index contributed by atoms with van der Waals surface area (Å²) in [6.45, 7) is 2.04. The number of hydrogen-bond acceptors (Lipinski definition) is 2. The average molecular weight is 227 g/mol. The van der Waals surface area contributed by atoms with Crippen molar-refractivity contribution in [3.8, 4) is 0 Å². The van der Waals surface area contributed by atoms with E-state index in [1.807, 2.05) is 13.0 Å². The molecule has 1 aliphatic heterocycles. The van der Waals surface area contributed by atoms with Crippen molar-refractivity contribution in [1.82, 2.24) is 10.4 Å². The Bertz CT molecular complexity index is 625. The van der Waals surface area contributed by atoms with E-state index in [0.717, 1.165) is 22.5 Å². The largest absolute Gasteiger partial charge is 0.359 e. The van der Waals surface area contributed by atoms with Gasteiger partial charge in [0.1, 0.15) is 0 Å². The number of fused-ring (bicyclic) bond motifs is 1. The maximum Gasteiger partial charge on any atom is 0.240 e. The van der Waals surface area contributed by atoms with Crippen molar-refractivity contribution in [3.63, 3.8) is 0 Å². The first-order valence-corrected chi connectivity index (χ1v) is 5.67. The summed E-state index contributed by atoms with van der Waals surface area (Å²) in [5.41, 5.74) is 6.83. The molecule has 4 heteroatoms. The van der Waals surface area contributed by atoms with Crippen molar-refractivity contribution in [1.29, 1.82) is 0 Å². The highest BCUT2D eigenvalue weighted by atomic mass is 16.2. The van der Waals surface area contributed by atoms with E-state index < -0.39 is 0 Å². The Balaban J connectivity index is 2.03. The summed E-state index contributed by atoms with van der Waals surface area (Å²) >= 11 is 0. The van der Waals surface area contributed by atoms with E-state index in [-0.39, 0.29) is 5.91 Å². The summed E-state index contributed by atoms with van der Waals surface area (Å²) in [6.07, 6.45) is 1.23. The van der Waals surface area contributed by atoms with Crippen LogP contribution in [-0.2, 0) is 4.79 Å². The van der Waals surface area contributed by atoms with E-state index in [2.05, 4.69) is 33.7 Å². The fourth-order valence-electron chi connectivity index (χ4n) is 2.14. The SMILES string of the molecule is Cc1cc2cc(C3=NNC(=O)CC3)ccc2[nH]1. The van der Waals surface area contributed by atoms with Crippen molar-refractivity contribution in [3.05, 3.63) is 35.5 Å². The molecule has 0 saturated heterocycles. The van der Waals surface area contributed by atoms with Crippen LogP contribution < -0.4 is 5.43 Å². The number of rotatable bonds is 1. The van der Waals surface area contributed by atoms with Crippen molar-refractivity contribution in [2.45, 2.75) is 19.8 Å². The highest BCUT2D eigenvalue weighted by molar-refractivity contribution is 6.06. The Labute approximate surface area is 98.7 Å². The monoisotopic (exact) mass is 227 g/mol. The molecule has 0 spiro atoms. The van der Waals surface area contributed by atoms with Crippen LogP contribution in [0.4, 0.5) is 0 Å². The van der Waals surface area contributed by atoms with Gasteiger partial charge >= 0.3 is 0 Å². The molecule has 86 valence electrons. The lowest BCUT2D eigenvalue weighted by Gasteiger charge is -2.11. The van der Waals surface area contributed by atoms with Crippen LogP contribution in [0.2, 0.25) is 0 Å². The third-order valence-corrected chi connectivity index (χ3v) is 2.99. The summed E-state index contributed by atoms with van der Waals surface area (Å²) in [5.74, 6) is -0.00711. The predicted octanol–water partition coefficient (Wildman–Crippen LogP) is 2.09. The molecule has 17 heavy (non-hydrogen) atoms. The highest BCUT2D eigenvalue weighted by Crippen LogP contribution is 2.19. The van der Waals surface area contributed by atoms with Gasteiger partial charge in [-0.2, -0.15) is 5.10 Å². The maximum atomic E-state index is 11.0. The van der Waals surface area contributed by atoms with Crippen LogP contribution >= 0.6 is 0 Å². The highest BCUT2D eigenvalue weighted by Gasteiger charge is 2.13. The third kappa shape index (κ3) is 1.82. The first-order chi connectivity index (χ1) is 8.22. The van der Waals surface area contributed by atoms with E-state index in [1.54, 1.807) is 0 Å². The third-order valence-electron chi connectivity index (χ3n) is 2.99. The summed E-state index contributed by atoms with van der Waals surface area (Å²) in [4.78, 5) is 14.3. The van der Waals surface area contributed by atoms with Crippen LogP contribution in [0.25, 0.3) is 10.9 Å². The number of hydrazone groups is 1. The topological polar surface area (TPSA) is 57.2 Å². The predicted molar refractivity (Wildman–Crippen MR) is 66.9 cm³/mol. The number of aromatic nitrogens is 1. The van der Waals surface area contributed by atoms with E-state index in [9.17, 15) is 4.79 Å². The first-order valence-electron chi connectivity index (χ1n) is 5.67. The molecule has 1 aromatic carbocycles. The van der Waals surface area contributed by atoms with Gasteiger partial charge < -0.3 is 4.98 Å². The van der Waals surface area contributed by atoms with Gasteiger partial charge in [-0.3, -0.25) is 4.79 Å². The van der Waals surface area contributed by atoms with E-state index in [1.165, 1.54) is 5.39 Å². The molecular weight excluding hydrogens is 214 g/mol.